The number of piperidine rings is 4. The van der Waals surface area contributed by atoms with Crippen LogP contribution in [0.1, 0.15) is 78.3 Å². The first-order valence-electron chi connectivity index (χ1n) is 18.7. The Balaban J connectivity index is 0.942. The molecule has 0 aliphatic carbocycles. The maximum atomic E-state index is 13.6. The maximum Gasteiger partial charge on any atom is 0.573 e. The second kappa shape index (κ2) is 15.6. The molecule has 0 radical (unpaired) electrons. The Kier molecular flexibility index (Phi) is 11.0. The highest BCUT2D eigenvalue weighted by Gasteiger charge is 2.41. The topological polar surface area (TPSA) is 129 Å². The fourth-order valence-corrected chi connectivity index (χ4v) is 9.18. The van der Waals surface area contributed by atoms with E-state index in [4.69, 9.17) is 0 Å². The predicted molar refractivity (Wildman–Crippen MR) is 203 cm³/mol. The molecule has 0 saturated carbocycles. The molecule has 1 spiro atoms. The van der Waals surface area contributed by atoms with Crippen molar-refractivity contribution in [3.8, 4) is 5.75 Å². The molecule has 3 aromatic rings. The molecule has 5 heterocycles. The Morgan fingerprint density at radius 2 is 1.64 bits per heavy atom. The highest BCUT2D eigenvalue weighted by Crippen LogP contribution is 2.45. The van der Waals surface area contributed by atoms with E-state index in [0.29, 0.717) is 53.2 Å². The van der Waals surface area contributed by atoms with Gasteiger partial charge in [0.25, 0.3) is 11.5 Å². The zero-order chi connectivity index (χ0) is 39.1. The summed E-state index contributed by atoms with van der Waals surface area (Å²) in [5.41, 5.74) is 2.94. The molecule has 4 fully saturated rings. The predicted octanol–water partition coefficient (Wildman–Crippen LogP) is 5.38. The third kappa shape index (κ3) is 8.69. The summed E-state index contributed by atoms with van der Waals surface area (Å²) in [5.74, 6) is -1.77. The summed E-state index contributed by atoms with van der Waals surface area (Å²) in [7, 11) is 3.69. The summed E-state index contributed by atoms with van der Waals surface area (Å²) in [6, 6.07) is 12.5. The number of ether oxygens (including phenoxy) is 1. The number of hydrogen-bond donors (Lipinski definition) is 2. The van der Waals surface area contributed by atoms with Crippen LogP contribution in [0.5, 0.6) is 5.75 Å². The average Bonchev–Trinajstić information content (AvgIpc) is 3.15. The number of likely N-dealkylation sites (N-methyl/N-ethyl adjacent to an activating group) is 1. The Labute approximate surface area is 325 Å². The zero-order valence-electron chi connectivity index (χ0n) is 30.8. The maximum absolute atomic E-state index is 13.6. The van der Waals surface area contributed by atoms with Crippen LogP contribution < -0.4 is 25.8 Å². The van der Waals surface area contributed by atoms with Gasteiger partial charge in [0.15, 0.2) is 5.75 Å². The Morgan fingerprint density at radius 3 is 2.31 bits per heavy atom. The number of carbonyl (C=O) groups excluding carboxylic acids is 3. The van der Waals surface area contributed by atoms with Crippen LogP contribution in [0, 0.1) is 5.41 Å². The molecule has 0 bridgehead atoms. The number of anilines is 2. The second-order valence-electron chi connectivity index (χ2n) is 15.5. The molecule has 12 nitrogen and oxygen atoms in total. The molecule has 3 atom stereocenters. The van der Waals surface area contributed by atoms with Crippen LogP contribution in [0.15, 0.2) is 57.9 Å². The van der Waals surface area contributed by atoms with Crippen LogP contribution in [0.3, 0.4) is 0 Å². The van der Waals surface area contributed by atoms with Crippen LogP contribution in [0.2, 0.25) is 0 Å². The van der Waals surface area contributed by atoms with Crippen molar-refractivity contribution in [1.29, 1.82) is 0 Å². The summed E-state index contributed by atoms with van der Waals surface area (Å²) in [4.78, 5) is 56.1. The number of aryl methyl sites for hydroxylation is 1. The van der Waals surface area contributed by atoms with E-state index in [1.165, 1.54) is 10.7 Å². The van der Waals surface area contributed by atoms with E-state index in [1.54, 1.807) is 25.4 Å². The number of nitrogens with one attached hydrogen (secondary N) is 2. The molecular formula is C39H45BrF3N7O5. The van der Waals surface area contributed by atoms with Gasteiger partial charge in [-0.2, -0.15) is 5.10 Å². The fourth-order valence-electron chi connectivity index (χ4n) is 8.71. The van der Waals surface area contributed by atoms with Crippen LogP contribution >= 0.6 is 15.9 Å². The van der Waals surface area contributed by atoms with Gasteiger partial charge in [-0.15, -0.1) is 13.2 Å². The van der Waals surface area contributed by atoms with Gasteiger partial charge in [-0.05, 0) is 108 Å². The molecule has 55 heavy (non-hydrogen) atoms. The van der Waals surface area contributed by atoms with Crippen molar-refractivity contribution in [2.24, 2.45) is 12.5 Å². The summed E-state index contributed by atoms with van der Waals surface area (Å²) in [6.07, 6.45) is 1.10. The number of amides is 3. The van der Waals surface area contributed by atoms with E-state index < -0.39 is 24.1 Å². The fraction of sp³-hybridized carbons (Fsp3) is 0.513. The number of alkyl halides is 3. The minimum absolute atomic E-state index is 0.00723. The van der Waals surface area contributed by atoms with Gasteiger partial charge in [0.1, 0.15) is 4.47 Å². The van der Waals surface area contributed by atoms with Crippen LogP contribution in [0.25, 0.3) is 0 Å². The van der Waals surface area contributed by atoms with Gasteiger partial charge >= 0.3 is 6.36 Å². The highest BCUT2D eigenvalue weighted by molar-refractivity contribution is 9.10. The second-order valence-corrected chi connectivity index (χ2v) is 16.3. The Bertz CT molecular complexity index is 1990. The first-order chi connectivity index (χ1) is 26.2. The van der Waals surface area contributed by atoms with E-state index in [1.807, 2.05) is 34.1 Å². The van der Waals surface area contributed by atoms with Crippen molar-refractivity contribution in [1.82, 2.24) is 24.9 Å². The van der Waals surface area contributed by atoms with Gasteiger partial charge in [-0.3, -0.25) is 24.5 Å². The molecule has 4 aliphatic heterocycles. The van der Waals surface area contributed by atoms with Crippen molar-refractivity contribution in [2.75, 3.05) is 56.5 Å². The van der Waals surface area contributed by atoms with Gasteiger partial charge < -0.3 is 24.8 Å². The van der Waals surface area contributed by atoms with Crippen molar-refractivity contribution < 1.29 is 32.3 Å². The first-order valence-corrected chi connectivity index (χ1v) is 19.5. The average molecular weight is 829 g/mol. The first kappa shape index (κ1) is 38.8. The lowest BCUT2D eigenvalue weighted by molar-refractivity contribution is -0.274. The molecule has 7 rings (SSSR count). The van der Waals surface area contributed by atoms with Crippen molar-refractivity contribution >= 4 is 45.0 Å². The largest absolute Gasteiger partial charge is 0.573 e. The smallest absolute Gasteiger partial charge is 0.404 e. The molecule has 4 aliphatic rings. The van der Waals surface area contributed by atoms with E-state index in [-0.39, 0.29) is 47.4 Å². The number of benzene rings is 2. The van der Waals surface area contributed by atoms with Crippen LogP contribution in [-0.4, -0.2) is 96.0 Å². The van der Waals surface area contributed by atoms with Crippen molar-refractivity contribution in [3.05, 3.63) is 80.2 Å². The quantitative estimate of drug-likeness (QED) is 0.302. The summed E-state index contributed by atoms with van der Waals surface area (Å²) < 4.78 is 46.8. The molecule has 2 aromatic carbocycles. The normalized spacial score (nSPS) is 23.4. The van der Waals surface area contributed by atoms with Gasteiger partial charge in [-0.1, -0.05) is 18.2 Å². The third-order valence-corrected chi connectivity index (χ3v) is 12.6. The number of rotatable bonds is 7. The van der Waals surface area contributed by atoms with E-state index in [2.05, 4.69) is 48.3 Å². The number of aromatic nitrogens is 2. The molecule has 1 aromatic heterocycles. The van der Waals surface area contributed by atoms with E-state index >= 15 is 0 Å². The lowest BCUT2D eigenvalue weighted by Crippen LogP contribution is -2.48. The monoisotopic (exact) mass is 827 g/mol. The van der Waals surface area contributed by atoms with E-state index in [9.17, 15) is 32.3 Å². The zero-order valence-corrected chi connectivity index (χ0v) is 32.4. The summed E-state index contributed by atoms with van der Waals surface area (Å²) >= 11 is 3.41. The number of hydrogen-bond acceptors (Lipinski definition) is 9. The number of nitrogens with zero attached hydrogens (tertiary/aromatic N) is 5. The lowest BCUT2D eigenvalue weighted by atomic mass is 9.71. The minimum atomic E-state index is -4.91. The number of carbonyl (C=O) groups is 3. The minimum Gasteiger partial charge on any atom is -0.404 e. The van der Waals surface area contributed by atoms with Gasteiger partial charge in [0.05, 0.1) is 23.5 Å². The lowest BCUT2D eigenvalue weighted by Gasteiger charge is -2.47. The molecule has 294 valence electrons. The van der Waals surface area contributed by atoms with Crippen LogP contribution in [-0.2, 0) is 16.6 Å². The van der Waals surface area contributed by atoms with Gasteiger partial charge in [-0.25, -0.2) is 4.68 Å². The molecule has 1 unspecified atom stereocenters. The summed E-state index contributed by atoms with van der Waals surface area (Å²) in [6.45, 7) is 3.97. The number of imide groups is 1. The Hall–Kier alpha value is -4.44. The van der Waals surface area contributed by atoms with Crippen molar-refractivity contribution in [2.45, 2.75) is 69.2 Å². The molecule has 3 amide bonds. The molecule has 2 N–H and O–H groups in total. The van der Waals surface area contributed by atoms with E-state index in [0.717, 1.165) is 50.8 Å². The Morgan fingerprint density at radius 1 is 0.964 bits per heavy atom. The number of halogens is 4. The van der Waals surface area contributed by atoms with Gasteiger partial charge in [0.2, 0.25) is 11.8 Å². The molecule has 16 heteroatoms. The molecular weight excluding hydrogens is 783 g/mol. The number of likely N-dealkylation sites (tertiary alicyclic amines) is 2. The van der Waals surface area contributed by atoms with Crippen molar-refractivity contribution in [3.63, 3.8) is 0 Å². The van der Waals surface area contributed by atoms with Gasteiger partial charge in [0, 0.05) is 64.3 Å². The SMILES string of the molecule is CN1C[C@@H](Nc2cnn(C)c(=O)c2Br)C[C@@H](c2ccc(C(=O)N3CCC4(CC3)CCN(c3ccc(C5CCC(=O)NC5=O)cc3OC(F)(F)F)CC4)cc2)C1. The third-order valence-electron chi connectivity index (χ3n) is 11.8. The summed E-state index contributed by atoms with van der Waals surface area (Å²) in [5, 5.41) is 9.89. The molecule has 4 saturated heterocycles. The van der Waals surface area contributed by atoms with Crippen LogP contribution in [0.4, 0.5) is 24.5 Å². The standard InChI is InChI=1S/C39H45BrF3N7O5/c1-47-22-27(19-28(23-47)45-30-21-44-48(2)37(54)34(30)40)24-3-5-25(6-4-24)36(53)50-17-13-38(14-18-50)11-15-49(16-12-38)31-9-7-26(20-32(31)55-39(41,42)43)29-8-10-33(51)46-35(29)52/h3-7,9,20-21,27-29,45H,8,10-19,22-23H2,1-2H3,(H,46,51,52)/t27-,28+,29?/m1/s1. The highest BCUT2D eigenvalue weighted by atomic mass is 79.9.